The fourth-order valence-corrected chi connectivity index (χ4v) is 4.01. The summed E-state index contributed by atoms with van der Waals surface area (Å²) in [6, 6.07) is 20.4. The number of nitrogens with zero attached hydrogens (tertiary/aromatic N) is 3. The fourth-order valence-electron chi connectivity index (χ4n) is 3.18. The lowest BCUT2D eigenvalue weighted by Gasteiger charge is -2.35. The summed E-state index contributed by atoms with van der Waals surface area (Å²) in [5, 5.41) is 0.882. The van der Waals surface area contributed by atoms with E-state index in [0.717, 1.165) is 43.5 Å². The molecular formula is C21H21N3OS. The van der Waals surface area contributed by atoms with E-state index < -0.39 is 0 Å². The van der Waals surface area contributed by atoms with Gasteiger partial charge >= 0.3 is 0 Å². The van der Waals surface area contributed by atoms with Gasteiger partial charge in [-0.25, -0.2) is 4.99 Å². The van der Waals surface area contributed by atoms with Crippen LogP contribution in [0.5, 0.6) is 0 Å². The van der Waals surface area contributed by atoms with Gasteiger partial charge in [0.2, 0.25) is 5.12 Å². The molecule has 0 radical (unpaired) electrons. The molecule has 0 bridgehead atoms. The third-order valence-corrected chi connectivity index (χ3v) is 5.53. The maximum absolute atomic E-state index is 12.3. The number of hydrogen-bond donors (Lipinski definition) is 0. The van der Waals surface area contributed by atoms with E-state index in [4.69, 9.17) is 0 Å². The van der Waals surface area contributed by atoms with Crippen molar-refractivity contribution in [3.8, 4) is 0 Å². The second kappa shape index (κ2) is 7.89. The van der Waals surface area contributed by atoms with Crippen LogP contribution in [0.25, 0.3) is 6.08 Å². The molecule has 132 valence electrons. The van der Waals surface area contributed by atoms with Crippen molar-refractivity contribution >= 4 is 28.1 Å². The molecule has 0 aromatic heterocycles. The van der Waals surface area contributed by atoms with Crippen LogP contribution in [0, 0.1) is 0 Å². The third kappa shape index (κ3) is 4.06. The Morgan fingerprint density at radius 1 is 0.923 bits per heavy atom. The van der Waals surface area contributed by atoms with E-state index in [1.165, 1.54) is 17.3 Å². The van der Waals surface area contributed by atoms with Crippen molar-refractivity contribution < 1.29 is 4.79 Å². The van der Waals surface area contributed by atoms with Gasteiger partial charge in [0, 0.05) is 32.7 Å². The molecule has 0 amide bonds. The monoisotopic (exact) mass is 363 g/mol. The molecule has 0 spiro atoms. The van der Waals surface area contributed by atoms with Crippen LogP contribution in [0.2, 0.25) is 0 Å². The molecule has 26 heavy (non-hydrogen) atoms. The van der Waals surface area contributed by atoms with Gasteiger partial charge in [-0.1, -0.05) is 60.7 Å². The molecule has 0 atom stereocenters. The second-order valence-electron chi connectivity index (χ2n) is 6.47. The molecular weight excluding hydrogens is 342 g/mol. The molecule has 2 aliphatic rings. The lowest BCUT2D eigenvalue weighted by Crippen LogP contribution is -2.47. The van der Waals surface area contributed by atoms with Gasteiger partial charge in [0.15, 0.2) is 5.17 Å². The Hall–Kier alpha value is -2.37. The fraction of sp³-hybridized carbons (Fsp3) is 0.238. The Morgan fingerprint density at radius 3 is 2.27 bits per heavy atom. The summed E-state index contributed by atoms with van der Waals surface area (Å²) < 4.78 is 0. The number of amidine groups is 1. The van der Waals surface area contributed by atoms with Crippen LogP contribution < -0.4 is 0 Å². The maximum atomic E-state index is 12.3. The van der Waals surface area contributed by atoms with Gasteiger partial charge in [-0.3, -0.25) is 9.69 Å². The first kappa shape index (κ1) is 17.1. The highest BCUT2D eigenvalue weighted by Crippen LogP contribution is 2.27. The van der Waals surface area contributed by atoms with E-state index in [1.807, 2.05) is 36.4 Å². The van der Waals surface area contributed by atoms with Crippen LogP contribution in [-0.2, 0) is 11.3 Å². The van der Waals surface area contributed by atoms with Gasteiger partial charge in [-0.15, -0.1) is 0 Å². The lowest BCUT2D eigenvalue weighted by molar-refractivity contribution is -0.107. The minimum Gasteiger partial charge on any atom is -0.348 e. The first-order chi connectivity index (χ1) is 12.8. The van der Waals surface area contributed by atoms with E-state index in [9.17, 15) is 4.79 Å². The minimum absolute atomic E-state index is 0.0376. The summed E-state index contributed by atoms with van der Waals surface area (Å²) in [6.07, 6.45) is 1.87. The van der Waals surface area contributed by atoms with Crippen molar-refractivity contribution in [2.75, 3.05) is 26.2 Å². The first-order valence-electron chi connectivity index (χ1n) is 8.87. The summed E-state index contributed by atoms with van der Waals surface area (Å²) in [7, 11) is 0. The van der Waals surface area contributed by atoms with Crippen molar-refractivity contribution in [1.29, 1.82) is 0 Å². The maximum Gasteiger partial charge on any atom is 0.245 e. The Balaban J connectivity index is 1.38. The van der Waals surface area contributed by atoms with E-state index >= 15 is 0 Å². The number of thioether (sulfide) groups is 1. The zero-order chi connectivity index (χ0) is 17.8. The molecule has 0 N–H and O–H groups in total. The lowest BCUT2D eigenvalue weighted by atomic mass is 10.2. The summed E-state index contributed by atoms with van der Waals surface area (Å²) in [5.41, 5.74) is 2.90. The van der Waals surface area contributed by atoms with Crippen molar-refractivity contribution in [2.45, 2.75) is 6.54 Å². The van der Waals surface area contributed by atoms with Crippen LogP contribution in [0.15, 0.2) is 71.4 Å². The third-order valence-electron chi connectivity index (χ3n) is 4.60. The second-order valence-corrected chi connectivity index (χ2v) is 7.41. The molecule has 1 fully saturated rings. The van der Waals surface area contributed by atoms with Gasteiger partial charge in [0.05, 0.1) is 0 Å². The van der Waals surface area contributed by atoms with Gasteiger partial charge < -0.3 is 4.90 Å². The predicted octanol–water partition coefficient (Wildman–Crippen LogP) is 3.47. The van der Waals surface area contributed by atoms with Gasteiger partial charge in [0.25, 0.3) is 0 Å². The molecule has 2 heterocycles. The molecule has 2 aromatic rings. The molecule has 4 rings (SSSR count). The van der Waals surface area contributed by atoms with Gasteiger partial charge in [-0.05, 0) is 29.0 Å². The van der Waals surface area contributed by atoms with Crippen LogP contribution in [0.1, 0.15) is 11.1 Å². The normalized spacial score (nSPS) is 19.8. The zero-order valence-electron chi connectivity index (χ0n) is 14.5. The van der Waals surface area contributed by atoms with E-state index in [0.29, 0.717) is 5.70 Å². The highest BCUT2D eigenvalue weighted by molar-refractivity contribution is 8.27. The van der Waals surface area contributed by atoms with Crippen molar-refractivity contribution in [3.05, 3.63) is 77.5 Å². The average Bonchev–Trinajstić information content (AvgIpc) is 3.04. The summed E-state index contributed by atoms with van der Waals surface area (Å²) in [6.45, 7) is 4.77. The summed E-state index contributed by atoms with van der Waals surface area (Å²) in [4.78, 5) is 21.6. The Morgan fingerprint density at radius 2 is 1.58 bits per heavy atom. The van der Waals surface area contributed by atoms with Crippen LogP contribution >= 0.6 is 11.8 Å². The summed E-state index contributed by atoms with van der Waals surface area (Å²) >= 11 is 1.25. The number of aliphatic imine (C=N–C) groups is 1. The Labute approximate surface area is 158 Å². The van der Waals surface area contributed by atoms with Crippen LogP contribution in [0.4, 0.5) is 0 Å². The number of benzene rings is 2. The average molecular weight is 363 g/mol. The highest BCUT2D eigenvalue weighted by atomic mass is 32.2. The standard InChI is InChI=1S/C21H21N3OS/c25-20-19(15-17-7-3-1-4-8-17)22-21(26-20)24-13-11-23(12-14-24)16-18-9-5-2-6-10-18/h1-10,15H,11-14,16H2. The molecule has 0 aliphatic carbocycles. The number of piperazine rings is 1. The first-order valence-corrected chi connectivity index (χ1v) is 9.68. The molecule has 0 unspecified atom stereocenters. The van der Waals surface area contributed by atoms with Gasteiger partial charge in [-0.2, -0.15) is 0 Å². The Kier molecular flexibility index (Phi) is 5.18. The quantitative estimate of drug-likeness (QED) is 0.783. The zero-order valence-corrected chi connectivity index (χ0v) is 15.4. The van der Waals surface area contributed by atoms with Gasteiger partial charge in [0.1, 0.15) is 5.70 Å². The van der Waals surface area contributed by atoms with Crippen molar-refractivity contribution in [3.63, 3.8) is 0 Å². The highest BCUT2D eigenvalue weighted by Gasteiger charge is 2.28. The van der Waals surface area contributed by atoms with E-state index in [1.54, 1.807) is 0 Å². The number of rotatable bonds is 3. The van der Waals surface area contributed by atoms with Crippen molar-refractivity contribution in [1.82, 2.24) is 9.80 Å². The molecule has 4 nitrogen and oxygen atoms in total. The molecule has 0 saturated carbocycles. The molecule has 2 aromatic carbocycles. The summed E-state index contributed by atoms with van der Waals surface area (Å²) in [5.74, 6) is 0. The number of hydrogen-bond acceptors (Lipinski definition) is 5. The SMILES string of the molecule is O=C1SC(N2CCN(Cc3ccccc3)CC2)=NC1=Cc1ccccc1. The topological polar surface area (TPSA) is 35.9 Å². The van der Waals surface area contributed by atoms with Crippen molar-refractivity contribution in [2.24, 2.45) is 4.99 Å². The van der Waals surface area contributed by atoms with Crippen LogP contribution in [-0.4, -0.2) is 46.3 Å². The predicted molar refractivity (Wildman–Crippen MR) is 108 cm³/mol. The van der Waals surface area contributed by atoms with E-state index in [2.05, 4.69) is 45.1 Å². The smallest absolute Gasteiger partial charge is 0.245 e. The minimum atomic E-state index is 0.0376. The largest absolute Gasteiger partial charge is 0.348 e. The number of carbonyl (C=O) groups excluding carboxylic acids is 1. The molecule has 5 heteroatoms. The Bertz CT molecular complexity index is 825. The number of carbonyl (C=O) groups is 1. The molecule has 1 saturated heterocycles. The van der Waals surface area contributed by atoms with Crippen LogP contribution in [0.3, 0.4) is 0 Å². The van der Waals surface area contributed by atoms with E-state index in [-0.39, 0.29) is 5.12 Å². The molecule has 2 aliphatic heterocycles.